The van der Waals surface area contributed by atoms with Gasteiger partial charge in [0.1, 0.15) is 5.82 Å². The Morgan fingerprint density at radius 2 is 1.90 bits per heavy atom. The van der Waals surface area contributed by atoms with Crippen LogP contribution in [0, 0.1) is 0 Å². The van der Waals surface area contributed by atoms with Crippen LogP contribution in [0.5, 0.6) is 0 Å². The number of sulfone groups is 1. The first-order valence-corrected chi connectivity index (χ1v) is 8.21. The molecule has 1 aromatic carbocycles. The zero-order valence-corrected chi connectivity index (χ0v) is 12.3. The summed E-state index contributed by atoms with van der Waals surface area (Å²) in [6.45, 7) is 3.88. The second-order valence-electron chi connectivity index (χ2n) is 5.08. The van der Waals surface area contributed by atoms with E-state index in [1.807, 2.05) is 44.2 Å². The van der Waals surface area contributed by atoms with Gasteiger partial charge in [0.05, 0.1) is 0 Å². The van der Waals surface area contributed by atoms with E-state index in [1.165, 1.54) is 0 Å². The third kappa shape index (κ3) is 1.87. The summed E-state index contributed by atoms with van der Waals surface area (Å²) in [5, 5.41) is 7.98. The molecule has 1 atom stereocenters. The minimum Gasteiger partial charge on any atom is -0.274 e. The highest BCUT2D eigenvalue weighted by Gasteiger charge is 2.28. The average Bonchev–Trinajstić information content (AvgIpc) is 2.79. The molecule has 0 saturated heterocycles. The summed E-state index contributed by atoms with van der Waals surface area (Å²) < 4.78 is 25.3. The number of aromatic nitrogens is 3. The van der Waals surface area contributed by atoms with Gasteiger partial charge in [0, 0.05) is 17.9 Å². The van der Waals surface area contributed by atoms with Crippen LogP contribution in [-0.4, -0.2) is 29.4 Å². The summed E-state index contributed by atoms with van der Waals surface area (Å²) in [7, 11) is -3.41. The number of benzene rings is 1. The fourth-order valence-electron chi connectivity index (χ4n) is 2.60. The molecule has 104 valence electrons. The van der Waals surface area contributed by atoms with Crippen LogP contribution in [0.3, 0.4) is 0 Å². The summed E-state index contributed by atoms with van der Waals surface area (Å²) in [5.41, 5.74) is 3.02. The first-order chi connectivity index (χ1) is 9.39. The second kappa shape index (κ2) is 4.28. The van der Waals surface area contributed by atoms with Gasteiger partial charge in [-0.25, -0.2) is 8.42 Å². The van der Waals surface area contributed by atoms with Crippen LogP contribution in [0.1, 0.15) is 36.7 Å². The average molecular weight is 289 g/mol. The molecule has 1 aromatic heterocycles. The fraction of sp³-hybridized carbons (Fsp3) is 0.286. The molecular formula is C14H15N3O2S. The monoisotopic (exact) mass is 289 g/mol. The third-order valence-corrected chi connectivity index (χ3v) is 4.48. The second-order valence-corrected chi connectivity index (χ2v) is 6.99. The van der Waals surface area contributed by atoms with E-state index in [4.69, 9.17) is 0 Å². The van der Waals surface area contributed by atoms with Crippen LogP contribution >= 0.6 is 0 Å². The van der Waals surface area contributed by atoms with E-state index in [0.717, 1.165) is 23.1 Å². The third-order valence-electron chi connectivity index (χ3n) is 3.56. The SMILES string of the molecule is CC1=Cc2ccccc2C(C)c2nnc(S(C)(=O)=O)n21. The van der Waals surface area contributed by atoms with Gasteiger partial charge in [-0.15, -0.1) is 10.2 Å². The normalized spacial score (nSPS) is 17.9. The Balaban J connectivity index is 2.34. The fourth-order valence-corrected chi connectivity index (χ4v) is 3.36. The van der Waals surface area contributed by atoms with Crippen molar-refractivity contribution in [3.63, 3.8) is 0 Å². The topological polar surface area (TPSA) is 64.8 Å². The van der Waals surface area contributed by atoms with Crippen LogP contribution in [0.4, 0.5) is 0 Å². The van der Waals surface area contributed by atoms with E-state index >= 15 is 0 Å². The molecule has 20 heavy (non-hydrogen) atoms. The quantitative estimate of drug-likeness (QED) is 0.807. The summed E-state index contributed by atoms with van der Waals surface area (Å²) >= 11 is 0. The molecule has 0 amide bonds. The molecule has 2 aromatic rings. The molecule has 1 unspecified atom stereocenters. The molecule has 2 heterocycles. The zero-order valence-electron chi connectivity index (χ0n) is 11.5. The Labute approximate surface area is 117 Å². The van der Waals surface area contributed by atoms with E-state index in [9.17, 15) is 8.42 Å². The van der Waals surface area contributed by atoms with Crippen molar-refractivity contribution in [3.8, 4) is 0 Å². The molecule has 1 aliphatic heterocycles. The number of hydrogen-bond donors (Lipinski definition) is 0. The first kappa shape index (κ1) is 13.1. The van der Waals surface area contributed by atoms with Crippen LogP contribution in [0.15, 0.2) is 29.4 Å². The van der Waals surface area contributed by atoms with Crippen molar-refractivity contribution in [3.05, 3.63) is 41.2 Å². The van der Waals surface area contributed by atoms with Gasteiger partial charge in [0.25, 0.3) is 5.16 Å². The highest BCUT2D eigenvalue weighted by Crippen LogP contribution is 2.33. The lowest BCUT2D eigenvalue weighted by Gasteiger charge is -2.12. The van der Waals surface area contributed by atoms with Crippen LogP contribution in [-0.2, 0) is 9.84 Å². The smallest absolute Gasteiger partial charge is 0.253 e. The van der Waals surface area contributed by atoms with E-state index in [2.05, 4.69) is 10.2 Å². The van der Waals surface area contributed by atoms with Crippen LogP contribution in [0.2, 0.25) is 0 Å². The Kier molecular flexibility index (Phi) is 2.79. The molecule has 0 bridgehead atoms. The van der Waals surface area contributed by atoms with E-state index in [-0.39, 0.29) is 11.1 Å². The number of allylic oxidation sites excluding steroid dienone is 1. The zero-order chi connectivity index (χ0) is 14.5. The largest absolute Gasteiger partial charge is 0.274 e. The number of nitrogens with zero attached hydrogens (tertiary/aromatic N) is 3. The Morgan fingerprint density at radius 3 is 2.60 bits per heavy atom. The highest BCUT2D eigenvalue weighted by molar-refractivity contribution is 7.90. The standard InChI is InChI=1S/C14H15N3O2S/c1-9-8-11-6-4-5-7-12(11)10(2)13-15-16-14(17(9)13)20(3,18)19/h4-8,10H,1-3H3. The number of rotatable bonds is 1. The lowest BCUT2D eigenvalue weighted by Crippen LogP contribution is -2.11. The Morgan fingerprint density at radius 1 is 1.20 bits per heavy atom. The molecule has 0 aliphatic carbocycles. The van der Waals surface area contributed by atoms with Gasteiger partial charge in [0.2, 0.25) is 9.84 Å². The maximum absolute atomic E-state index is 11.9. The Hall–Kier alpha value is -1.95. The van der Waals surface area contributed by atoms with Crippen molar-refractivity contribution >= 4 is 21.6 Å². The molecule has 3 rings (SSSR count). The molecule has 0 N–H and O–H groups in total. The molecule has 0 fully saturated rings. The highest BCUT2D eigenvalue weighted by atomic mass is 32.2. The lowest BCUT2D eigenvalue weighted by atomic mass is 9.96. The van der Waals surface area contributed by atoms with Crippen molar-refractivity contribution in [1.82, 2.24) is 14.8 Å². The molecule has 5 nitrogen and oxygen atoms in total. The summed E-state index contributed by atoms with van der Waals surface area (Å²) in [6, 6.07) is 8.00. The Bertz CT molecular complexity index is 819. The molecule has 6 heteroatoms. The van der Waals surface area contributed by atoms with Crippen molar-refractivity contribution < 1.29 is 8.42 Å². The molecule has 0 radical (unpaired) electrons. The summed E-state index contributed by atoms with van der Waals surface area (Å²) in [5.74, 6) is 0.645. The van der Waals surface area contributed by atoms with Crippen LogP contribution < -0.4 is 0 Å². The molecule has 0 saturated carbocycles. The van der Waals surface area contributed by atoms with Gasteiger partial charge >= 0.3 is 0 Å². The predicted molar refractivity (Wildman–Crippen MR) is 76.9 cm³/mol. The number of fused-ring (bicyclic) bond motifs is 2. The maximum atomic E-state index is 11.9. The van der Waals surface area contributed by atoms with Crippen LogP contribution in [0.25, 0.3) is 11.8 Å². The van der Waals surface area contributed by atoms with Gasteiger partial charge < -0.3 is 0 Å². The van der Waals surface area contributed by atoms with Crippen molar-refractivity contribution in [2.45, 2.75) is 24.9 Å². The predicted octanol–water partition coefficient (Wildman–Crippen LogP) is 2.16. The van der Waals surface area contributed by atoms with E-state index < -0.39 is 9.84 Å². The number of hydrogen-bond acceptors (Lipinski definition) is 4. The van der Waals surface area contributed by atoms with Gasteiger partial charge in [0.15, 0.2) is 0 Å². The van der Waals surface area contributed by atoms with Gasteiger partial charge in [-0.05, 0) is 24.1 Å². The lowest BCUT2D eigenvalue weighted by molar-refractivity contribution is 0.589. The first-order valence-electron chi connectivity index (χ1n) is 6.32. The molecule has 1 aliphatic rings. The van der Waals surface area contributed by atoms with E-state index in [1.54, 1.807) is 4.57 Å². The van der Waals surface area contributed by atoms with Gasteiger partial charge in [-0.2, -0.15) is 0 Å². The van der Waals surface area contributed by atoms with Crippen molar-refractivity contribution in [2.75, 3.05) is 6.26 Å². The van der Waals surface area contributed by atoms with Gasteiger partial charge in [-0.3, -0.25) is 4.57 Å². The minimum atomic E-state index is -3.41. The van der Waals surface area contributed by atoms with Crippen molar-refractivity contribution in [1.29, 1.82) is 0 Å². The maximum Gasteiger partial charge on any atom is 0.253 e. The summed E-state index contributed by atoms with van der Waals surface area (Å²) in [6.07, 6.45) is 3.13. The molecular weight excluding hydrogens is 274 g/mol. The summed E-state index contributed by atoms with van der Waals surface area (Å²) in [4.78, 5) is 0. The van der Waals surface area contributed by atoms with Gasteiger partial charge in [-0.1, -0.05) is 31.2 Å². The molecule has 0 spiro atoms. The van der Waals surface area contributed by atoms with E-state index in [0.29, 0.717) is 5.82 Å². The van der Waals surface area contributed by atoms with Crippen molar-refractivity contribution in [2.24, 2.45) is 0 Å². The minimum absolute atomic E-state index is 0.000839.